The molecular weight excluding hydrogens is 260 g/mol. The number of allylic oxidation sites excluding steroid dienone is 2. The Labute approximate surface area is 125 Å². The summed E-state index contributed by atoms with van der Waals surface area (Å²) in [4.78, 5) is 0. The second-order valence-electron chi connectivity index (χ2n) is 7.42. The highest BCUT2D eigenvalue weighted by atomic mass is 28.4. The maximum absolute atomic E-state index is 6.49. The van der Waals surface area contributed by atoms with Crippen LogP contribution in [0.4, 0.5) is 0 Å². The van der Waals surface area contributed by atoms with Gasteiger partial charge in [-0.1, -0.05) is 51.1 Å². The number of rotatable bonds is 3. The van der Waals surface area contributed by atoms with Crippen molar-refractivity contribution in [1.29, 1.82) is 0 Å². The van der Waals surface area contributed by atoms with E-state index in [9.17, 15) is 0 Å². The van der Waals surface area contributed by atoms with Crippen LogP contribution in [0.25, 0.3) is 0 Å². The fourth-order valence-corrected chi connectivity index (χ4v) is 3.58. The molecule has 0 saturated heterocycles. The Hall–Kier alpha value is -1.02. The maximum atomic E-state index is 6.49. The summed E-state index contributed by atoms with van der Waals surface area (Å²) in [6.45, 7) is 11.6. The molecule has 1 aromatic carbocycles. The van der Waals surface area contributed by atoms with Gasteiger partial charge in [0.15, 0.2) is 0 Å². The second kappa shape index (κ2) is 5.77. The Balaban J connectivity index is 2.06. The van der Waals surface area contributed by atoms with Crippen LogP contribution in [0.2, 0.25) is 18.1 Å². The van der Waals surface area contributed by atoms with Crippen LogP contribution in [-0.2, 0) is 4.43 Å². The van der Waals surface area contributed by atoms with Crippen LogP contribution < -0.4 is 0 Å². The quantitative estimate of drug-likeness (QED) is 0.633. The molecule has 1 atom stereocenters. The zero-order chi connectivity index (χ0) is 14.8. The standard InChI is InChI=1S/C18H28OSi/c1-18(2,3)20(4,5)19-17-13-9-12-16(14-17)15-10-7-6-8-11-15/h6-8,10-11,13,16H,9,12,14H2,1-5H3. The van der Waals surface area contributed by atoms with E-state index in [0.717, 1.165) is 12.8 Å². The zero-order valence-corrected chi connectivity index (χ0v) is 14.6. The first kappa shape index (κ1) is 15.4. The molecule has 2 rings (SSSR count). The summed E-state index contributed by atoms with van der Waals surface area (Å²) >= 11 is 0. The molecule has 0 radical (unpaired) electrons. The molecule has 1 aliphatic rings. The van der Waals surface area contributed by atoms with Crippen LogP contribution in [-0.4, -0.2) is 8.32 Å². The molecule has 0 bridgehead atoms. The van der Waals surface area contributed by atoms with Crippen LogP contribution in [0.1, 0.15) is 51.5 Å². The smallest absolute Gasteiger partial charge is 0.250 e. The molecule has 20 heavy (non-hydrogen) atoms. The summed E-state index contributed by atoms with van der Waals surface area (Å²) in [6.07, 6.45) is 5.77. The largest absolute Gasteiger partial charge is 0.547 e. The molecule has 2 heteroatoms. The van der Waals surface area contributed by atoms with E-state index in [1.54, 1.807) is 0 Å². The lowest BCUT2D eigenvalue weighted by atomic mass is 9.87. The first-order chi connectivity index (χ1) is 9.29. The predicted molar refractivity (Wildman–Crippen MR) is 89.4 cm³/mol. The van der Waals surface area contributed by atoms with Crippen LogP contribution in [0.5, 0.6) is 0 Å². The van der Waals surface area contributed by atoms with E-state index >= 15 is 0 Å². The minimum absolute atomic E-state index is 0.271. The van der Waals surface area contributed by atoms with Gasteiger partial charge in [-0.05, 0) is 48.5 Å². The van der Waals surface area contributed by atoms with Crippen LogP contribution >= 0.6 is 0 Å². The third kappa shape index (κ3) is 3.54. The van der Waals surface area contributed by atoms with E-state index in [-0.39, 0.29) is 5.04 Å². The van der Waals surface area contributed by atoms with Crippen molar-refractivity contribution in [2.24, 2.45) is 0 Å². The molecular formula is C18H28OSi. The third-order valence-electron chi connectivity index (χ3n) is 4.80. The molecule has 0 amide bonds. The maximum Gasteiger partial charge on any atom is 0.250 e. The van der Waals surface area contributed by atoms with Gasteiger partial charge < -0.3 is 4.43 Å². The van der Waals surface area contributed by atoms with Gasteiger partial charge >= 0.3 is 0 Å². The first-order valence-corrected chi connectivity index (χ1v) is 10.6. The highest BCUT2D eigenvalue weighted by Gasteiger charge is 2.39. The van der Waals surface area contributed by atoms with E-state index in [0.29, 0.717) is 5.92 Å². The highest BCUT2D eigenvalue weighted by Crippen LogP contribution is 2.41. The minimum Gasteiger partial charge on any atom is -0.547 e. The molecule has 110 valence electrons. The fourth-order valence-electron chi connectivity index (χ4n) is 2.45. The molecule has 1 aromatic rings. The summed E-state index contributed by atoms with van der Waals surface area (Å²) in [7, 11) is -1.69. The lowest BCUT2D eigenvalue weighted by Gasteiger charge is -2.39. The zero-order valence-electron chi connectivity index (χ0n) is 13.6. The Morgan fingerprint density at radius 2 is 1.75 bits per heavy atom. The molecule has 1 nitrogen and oxygen atoms in total. The molecule has 0 saturated carbocycles. The molecule has 0 fully saturated rings. The van der Waals surface area contributed by atoms with Gasteiger partial charge in [0.1, 0.15) is 0 Å². The number of benzene rings is 1. The first-order valence-electron chi connectivity index (χ1n) is 7.72. The minimum atomic E-state index is -1.69. The predicted octanol–water partition coefficient (Wildman–Crippen LogP) is 5.86. The lowest BCUT2D eigenvalue weighted by molar-refractivity contribution is 0.339. The van der Waals surface area contributed by atoms with Crippen molar-refractivity contribution in [2.45, 2.75) is 64.1 Å². The average Bonchev–Trinajstić information content (AvgIpc) is 2.38. The summed E-state index contributed by atoms with van der Waals surface area (Å²) in [5, 5.41) is 0.271. The SMILES string of the molecule is CC(C)(C)[Si](C)(C)OC1=CCCC(c2ccccc2)C1. The van der Waals surface area contributed by atoms with Gasteiger partial charge in [0.2, 0.25) is 8.32 Å². The topological polar surface area (TPSA) is 9.23 Å². The Bertz CT molecular complexity index is 468. The van der Waals surface area contributed by atoms with E-state index in [1.165, 1.54) is 17.7 Å². The monoisotopic (exact) mass is 288 g/mol. The van der Waals surface area contributed by atoms with Crippen molar-refractivity contribution < 1.29 is 4.43 Å². The number of hydrogen-bond acceptors (Lipinski definition) is 1. The van der Waals surface area contributed by atoms with E-state index < -0.39 is 8.32 Å². The molecule has 0 aliphatic heterocycles. The van der Waals surface area contributed by atoms with Crippen LogP contribution in [0.15, 0.2) is 42.2 Å². The highest BCUT2D eigenvalue weighted by molar-refractivity contribution is 6.74. The summed E-state index contributed by atoms with van der Waals surface area (Å²) in [5.41, 5.74) is 1.46. The normalized spacial score (nSPS) is 20.4. The summed E-state index contributed by atoms with van der Waals surface area (Å²) < 4.78 is 6.49. The average molecular weight is 289 g/mol. The van der Waals surface area contributed by atoms with E-state index in [1.807, 2.05) is 0 Å². The van der Waals surface area contributed by atoms with E-state index in [2.05, 4.69) is 70.3 Å². The third-order valence-corrected chi connectivity index (χ3v) is 9.18. The van der Waals surface area contributed by atoms with Gasteiger partial charge in [-0.25, -0.2) is 0 Å². The Kier molecular flexibility index (Phi) is 4.43. The van der Waals surface area contributed by atoms with Gasteiger partial charge in [0.05, 0.1) is 5.76 Å². The summed E-state index contributed by atoms with van der Waals surface area (Å²) in [5.74, 6) is 1.86. The van der Waals surface area contributed by atoms with Crippen molar-refractivity contribution in [2.75, 3.05) is 0 Å². The molecule has 1 aliphatic carbocycles. The van der Waals surface area contributed by atoms with Crippen molar-refractivity contribution >= 4 is 8.32 Å². The van der Waals surface area contributed by atoms with Crippen molar-refractivity contribution in [1.82, 2.24) is 0 Å². The van der Waals surface area contributed by atoms with Crippen LogP contribution in [0, 0.1) is 0 Å². The van der Waals surface area contributed by atoms with Crippen molar-refractivity contribution in [3.05, 3.63) is 47.7 Å². The molecule has 1 unspecified atom stereocenters. The van der Waals surface area contributed by atoms with Gasteiger partial charge in [-0.3, -0.25) is 0 Å². The van der Waals surface area contributed by atoms with Gasteiger partial charge in [-0.15, -0.1) is 0 Å². The molecule has 0 aromatic heterocycles. The second-order valence-corrected chi connectivity index (χ2v) is 12.1. The van der Waals surface area contributed by atoms with Gasteiger partial charge in [-0.2, -0.15) is 0 Å². The molecule has 0 N–H and O–H groups in total. The molecule has 0 spiro atoms. The van der Waals surface area contributed by atoms with E-state index in [4.69, 9.17) is 4.43 Å². The number of hydrogen-bond donors (Lipinski definition) is 0. The van der Waals surface area contributed by atoms with Crippen LogP contribution in [0.3, 0.4) is 0 Å². The Morgan fingerprint density at radius 3 is 2.35 bits per heavy atom. The van der Waals surface area contributed by atoms with Gasteiger partial charge in [0.25, 0.3) is 0 Å². The Morgan fingerprint density at radius 1 is 1.10 bits per heavy atom. The fraction of sp³-hybridized carbons (Fsp3) is 0.556. The lowest BCUT2D eigenvalue weighted by Crippen LogP contribution is -2.40. The van der Waals surface area contributed by atoms with Crippen molar-refractivity contribution in [3.63, 3.8) is 0 Å². The molecule has 0 heterocycles. The van der Waals surface area contributed by atoms with Gasteiger partial charge in [0, 0.05) is 6.42 Å². The summed E-state index contributed by atoms with van der Waals surface area (Å²) in [6, 6.07) is 10.9. The van der Waals surface area contributed by atoms with Crippen molar-refractivity contribution in [3.8, 4) is 0 Å².